The minimum atomic E-state index is -0.550. The van der Waals surface area contributed by atoms with Crippen molar-refractivity contribution in [2.75, 3.05) is 31.6 Å². The van der Waals surface area contributed by atoms with Crippen LogP contribution in [0.4, 0.5) is 5.69 Å². The van der Waals surface area contributed by atoms with Crippen molar-refractivity contribution in [3.05, 3.63) is 34.3 Å². The lowest BCUT2D eigenvalue weighted by atomic mass is 10.1. The van der Waals surface area contributed by atoms with Crippen LogP contribution in [0.3, 0.4) is 0 Å². The summed E-state index contributed by atoms with van der Waals surface area (Å²) in [7, 11) is 1.39. The molecule has 1 atom stereocenters. The molecule has 6 nitrogen and oxygen atoms in total. The van der Waals surface area contributed by atoms with Gasteiger partial charge in [-0.1, -0.05) is 0 Å². The number of esters is 1. The lowest BCUT2D eigenvalue weighted by molar-refractivity contribution is 0.0601. The minimum Gasteiger partial charge on any atom is -0.465 e. The predicted octanol–water partition coefficient (Wildman–Crippen LogP) is 2.58. The molecule has 0 bridgehead atoms. The van der Waals surface area contributed by atoms with Crippen LogP contribution in [-0.2, 0) is 11.3 Å². The maximum Gasteiger partial charge on any atom is 0.338 e. The van der Waals surface area contributed by atoms with Crippen molar-refractivity contribution < 1.29 is 14.6 Å². The summed E-state index contributed by atoms with van der Waals surface area (Å²) in [5.41, 5.74) is 3.08. The zero-order valence-corrected chi connectivity index (χ0v) is 15.5. The molecule has 0 radical (unpaired) electrons. The highest BCUT2D eigenvalue weighted by molar-refractivity contribution is 7.15. The Balaban J connectivity index is 2.08. The van der Waals surface area contributed by atoms with E-state index < -0.39 is 6.10 Å². The second-order valence-corrected chi connectivity index (χ2v) is 6.90. The molecule has 1 aromatic heterocycles. The van der Waals surface area contributed by atoms with Crippen LogP contribution in [0.5, 0.6) is 0 Å². The summed E-state index contributed by atoms with van der Waals surface area (Å²) >= 11 is 1.44. The highest BCUT2D eigenvalue weighted by atomic mass is 32.1. The summed E-state index contributed by atoms with van der Waals surface area (Å²) in [6.07, 6.45) is -0.550. The number of fused-ring (bicyclic) bond motifs is 1. The summed E-state index contributed by atoms with van der Waals surface area (Å²) in [5, 5.41) is 14.0. The van der Waals surface area contributed by atoms with Gasteiger partial charge in [0.05, 0.1) is 23.2 Å². The molecule has 0 amide bonds. The normalized spacial score (nSPS) is 16.4. The van der Waals surface area contributed by atoms with Gasteiger partial charge in [0.1, 0.15) is 11.1 Å². The number of carbonyl (C=O) groups excluding carboxylic acids is 1. The lowest BCUT2D eigenvalue weighted by Crippen LogP contribution is -2.26. The third-order valence-electron chi connectivity index (χ3n) is 4.43. The van der Waals surface area contributed by atoms with Gasteiger partial charge in [0.25, 0.3) is 0 Å². The van der Waals surface area contributed by atoms with Crippen LogP contribution in [0.15, 0.2) is 18.2 Å². The zero-order valence-electron chi connectivity index (χ0n) is 14.7. The molecule has 25 heavy (non-hydrogen) atoms. The standard InChI is InChI=1S/C18H23N3O3S/c1-4-21(5-2)11-6-7-12(13(8-11)18(23)24-3)17-20-14-9-19-10-15(22)16(14)25-17/h6-8,15,19,22H,4-5,9-10H2,1-3H3. The first-order chi connectivity index (χ1) is 12.1. The number of thiazole rings is 1. The molecular weight excluding hydrogens is 338 g/mol. The van der Waals surface area contributed by atoms with Gasteiger partial charge < -0.3 is 20.1 Å². The van der Waals surface area contributed by atoms with E-state index in [4.69, 9.17) is 4.74 Å². The molecule has 7 heteroatoms. The summed E-state index contributed by atoms with van der Waals surface area (Å²) in [6, 6.07) is 5.79. The van der Waals surface area contributed by atoms with Crippen molar-refractivity contribution in [1.82, 2.24) is 10.3 Å². The van der Waals surface area contributed by atoms with Crippen LogP contribution >= 0.6 is 11.3 Å². The summed E-state index contributed by atoms with van der Waals surface area (Å²) in [4.78, 5) is 20.0. The third-order valence-corrected chi connectivity index (χ3v) is 5.66. The summed E-state index contributed by atoms with van der Waals surface area (Å²) in [5.74, 6) is -0.379. The van der Waals surface area contributed by atoms with E-state index in [9.17, 15) is 9.90 Å². The molecule has 1 aromatic carbocycles. The van der Waals surface area contributed by atoms with Crippen molar-refractivity contribution in [3.8, 4) is 10.6 Å². The van der Waals surface area contributed by atoms with E-state index in [1.807, 2.05) is 18.2 Å². The zero-order chi connectivity index (χ0) is 18.0. The van der Waals surface area contributed by atoms with E-state index in [2.05, 4.69) is 29.0 Å². The second-order valence-electron chi connectivity index (χ2n) is 5.87. The van der Waals surface area contributed by atoms with E-state index >= 15 is 0 Å². The fourth-order valence-electron chi connectivity index (χ4n) is 3.07. The highest BCUT2D eigenvalue weighted by Gasteiger charge is 2.25. The molecule has 0 saturated carbocycles. The number of aliphatic hydroxyl groups excluding tert-OH is 1. The first-order valence-corrected chi connectivity index (χ1v) is 9.26. The molecule has 0 fully saturated rings. The van der Waals surface area contributed by atoms with E-state index in [-0.39, 0.29) is 5.97 Å². The van der Waals surface area contributed by atoms with Gasteiger partial charge in [-0.05, 0) is 32.0 Å². The van der Waals surface area contributed by atoms with Gasteiger partial charge in [0, 0.05) is 37.4 Å². The number of nitrogens with one attached hydrogen (secondary N) is 1. The molecule has 0 spiro atoms. The highest BCUT2D eigenvalue weighted by Crippen LogP contribution is 2.36. The Morgan fingerprint density at radius 2 is 2.20 bits per heavy atom. The largest absolute Gasteiger partial charge is 0.465 e. The number of methoxy groups -OCH3 is 1. The molecule has 2 N–H and O–H groups in total. The molecule has 1 aliphatic rings. The third kappa shape index (κ3) is 3.40. The minimum absolute atomic E-state index is 0.379. The average Bonchev–Trinajstić information content (AvgIpc) is 3.07. The molecule has 2 aromatic rings. The van der Waals surface area contributed by atoms with Gasteiger partial charge in [0.15, 0.2) is 0 Å². The van der Waals surface area contributed by atoms with E-state index in [0.717, 1.165) is 39.9 Å². The topological polar surface area (TPSA) is 74.7 Å². The van der Waals surface area contributed by atoms with Crippen molar-refractivity contribution in [3.63, 3.8) is 0 Å². The Kier molecular flexibility index (Phi) is 5.36. The number of aromatic nitrogens is 1. The molecule has 0 saturated heterocycles. The van der Waals surface area contributed by atoms with Gasteiger partial charge in [0.2, 0.25) is 0 Å². The van der Waals surface area contributed by atoms with Crippen molar-refractivity contribution in [1.29, 1.82) is 0 Å². The van der Waals surface area contributed by atoms with E-state index in [0.29, 0.717) is 18.7 Å². The molecule has 134 valence electrons. The Morgan fingerprint density at radius 1 is 1.44 bits per heavy atom. The number of hydrogen-bond donors (Lipinski definition) is 2. The number of carbonyl (C=O) groups is 1. The van der Waals surface area contributed by atoms with Crippen LogP contribution in [0.1, 0.15) is 40.9 Å². The van der Waals surface area contributed by atoms with Gasteiger partial charge in [-0.3, -0.25) is 0 Å². The molecule has 0 aliphatic carbocycles. The van der Waals surface area contributed by atoms with E-state index in [1.165, 1.54) is 18.4 Å². The van der Waals surface area contributed by atoms with Gasteiger partial charge in [-0.15, -0.1) is 11.3 Å². The number of benzene rings is 1. The number of hydrogen-bond acceptors (Lipinski definition) is 7. The van der Waals surface area contributed by atoms with Crippen LogP contribution in [0.2, 0.25) is 0 Å². The quantitative estimate of drug-likeness (QED) is 0.798. The maximum absolute atomic E-state index is 12.3. The number of anilines is 1. The van der Waals surface area contributed by atoms with E-state index in [1.54, 1.807) is 0 Å². The monoisotopic (exact) mass is 361 g/mol. The Morgan fingerprint density at radius 3 is 2.84 bits per heavy atom. The summed E-state index contributed by atoms with van der Waals surface area (Å²) < 4.78 is 4.98. The number of β-amino-alcohol motifs (C(OH)–C–C–N with tert-alkyl or cyclic N) is 1. The molecule has 2 heterocycles. The molecule has 1 aliphatic heterocycles. The lowest BCUT2D eigenvalue weighted by Gasteiger charge is -2.22. The first-order valence-electron chi connectivity index (χ1n) is 8.45. The fraction of sp³-hybridized carbons (Fsp3) is 0.444. The summed E-state index contributed by atoms with van der Waals surface area (Å²) in [6.45, 7) is 7.05. The van der Waals surface area contributed by atoms with Gasteiger partial charge in [-0.2, -0.15) is 0 Å². The fourth-order valence-corrected chi connectivity index (χ4v) is 4.18. The number of rotatable bonds is 5. The number of nitrogens with zero attached hydrogens (tertiary/aromatic N) is 2. The van der Waals surface area contributed by atoms with Crippen molar-refractivity contribution in [2.24, 2.45) is 0 Å². The predicted molar refractivity (Wildman–Crippen MR) is 99.1 cm³/mol. The Hall–Kier alpha value is -1.96. The van der Waals surface area contributed by atoms with Crippen molar-refractivity contribution >= 4 is 23.0 Å². The van der Waals surface area contributed by atoms with Crippen LogP contribution < -0.4 is 10.2 Å². The molecular formula is C18H23N3O3S. The average molecular weight is 361 g/mol. The maximum atomic E-state index is 12.3. The second kappa shape index (κ2) is 7.51. The van der Waals surface area contributed by atoms with Gasteiger partial charge in [-0.25, -0.2) is 9.78 Å². The van der Waals surface area contributed by atoms with Crippen LogP contribution in [0.25, 0.3) is 10.6 Å². The smallest absolute Gasteiger partial charge is 0.338 e. The first kappa shape index (κ1) is 17.8. The Labute approximate surface area is 151 Å². The SMILES string of the molecule is CCN(CC)c1ccc(-c2nc3c(s2)C(O)CNC3)c(C(=O)OC)c1. The molecule has 3 rings (SSSR count). The van der Waals surface area contributed by atoms with Crippen LogP contribution in [0, 0.1) is 0 Å². The number of ether oxygens (including phenoxy) is 1. The van der Waals surface area contributed by atoms with Crippen LogP contribution in [-0.4, -0.2) is 42.8 Å². The molecule has 1 unspecified atom stereocenters. The number of aliphatic hydroxyl groups is 1. The van der Waals surface area contributed by atoms with Gasteiger partial charge >= 0.3 is 5.97 Å². The Bertz CT molecular complexity index is 771. The van der Waals surface area contributed by atoms with Crippen molar-refractivity contribution in [2.45, 2.75) is 26.5 Å².